The zero-order valence-corrected chi connectivity index (χ0v) is 14.6. The summed E-state index contributed by atoms with van der Waals surface area (Å²) in [5, 5.41) is 22.2. The van der Waals surface area contributed by atoms with Crippen molar-refractivity contribution in [1.29, 1.82) is 0 Å². The monoisotopic (exact) mass is 366 g/mol. The minimum atomic E-state index is -1.08. The molecule has 0 bridgehead atoms. The van der Waals surface area contributed by atoms with Crippen LogP contribution in [0.25, 0.3) is 21.5 Å². The van der Waals surface area contributed by atoms with Gasteiger partial charge in [-0.15, -0.1) is 0 Å². The summed E-state index contributed by atoms with van der Waals surface area (Å²) < 4.78 is 0. The van der Waals surface area contributed by atoms with Gasteiger partial charge < -0.3 is 10.2 Å². The van der Waals surface area contributed by atoms with Crippen LogP contribution in [0, 0.1) is 11.8 Å². The van der Waals surface area contributed by atoms with Gasteiger partial charge in [0.1, 0.15) is 0 Å². The van der Waals surface area contributed by atoms with Crippen molar-refractivity contribution in [3.8, 4) is 11.8 Å². The van der Waals surface area contributed by atoms with Gasteiger partial charge in [0, 0.05) is 11.1 Å². The predicted molar refractivity (Wildman–Crippen MR) is 108 cm³/mol. The van der Waals surface area contributed by atoms with Gasteiger partial charge in [-0.3, -0.25) is 0 Å². The summed E-state index contributed by atoms with van der Waals surface area (Å²) in [7, 11) is 0. The molecular formula is C24H14O4. The highest BCUT2D eigenvalue weighted by atomic mass is 16.4. The van der Waals surface area contributed by atoms with E-state index in [4.69, 9.17) is 0 Å². The second-order valence-corrected chi connectivity index (χ2v) is 6.38. The molecule has 0 radical (unpaired) electrons. The van der Waals surface area contributed by atoms with Crippen molar-refractivity contribution < 1.29 is 19.8 Å². The summed E-state index contributed by atoms with van der Waals surface area (Å²) in [5.41, 5.74) is 1.35. The highest BCUT2D eigenvalue weighted by Crippen LogP contribution is 2.22. The van der Waals surface area contributed by atoms with E-state index >= 15 is 0 Å². The molecule has 0 heterocycles. The first-order chi connectivity index (χ1) is 13.5. The summed E-state index contributed by atoms with van der Waals surface area (Å²) in [6, 6.07) is 21.5. The van der Waals surface area contributed by atoms with E-state index in [0.717, 1.165) is 16.3 Å². The molecule has 0 atom stereocenters. The molecule has 4 aromatic carbocycles. The summed E-state index contributed by atoms with van der Waals surface area (Å²) in [5.74, 6) is 3.85. The average molecular weight is 366 g/mol. The first-order valence-electron chi connectivity index (χ1n) is 8.56. The number of benzene rings is 4. The molecule has 4 rings (SSSR count). The molecule has 0 unspecified atom stereocenters. The third-order valence-electron chi connectivity index (χ3n) is 4.54. The van der Waals surface area contributed by atoms with Crippen LogP contribution in [0.4, 0.5) is 0 Å². The van der Waals surface area contributed by atoms with Crippen LogP contribution in [0.5, 0.6) is 0 Å². The SMILES string of the molecule is O=C(O)c1ccc2cc(C(=O)O)c(C#Cc3ccc4ccccc4c3)cc2c1. The Morgan fingerprint density at radius 2 is 1.36 bits per heavy atom. The molecule has 0 saturated heterocycles. The topological polar surface area (TPSA) is 74.6 Å². The Hall–Kier alpha value is -4.10. The Kier molecular flexibility index (Phi) is 4.27. The van der Waals surface area contributed by atoms with Crippen LogP contribution < -0.4 is 0 Å². The van der Waals surface area contributed by atoms with Gasteiger partial charge >= 0.3 is 11.9 Å². The maximum Gasteiger partial charge on any atom is 0.336 e. The molecule has 0 aliphatic heterocycles. The lowest BCUT2D eigenvalue weighted by Gasteiger charge is -2.05. The van der Waals surface area contributed by atoms with Crippen molar-refractivity contribution in [2.24, 2.45) is 0 Å². The summed E-state index contributed by atoms with van der Waals surface area (Å²) in [6.07, 6.45) is 0. The number of carboxylic acid groups (broad SMARTS) is 2. The molecule has 28 heavy (non-hydrogen) atoms. The Balaban J connectivity index is 1.84. The molecule has 0 fully saturated rings. The summed E-state index contributed by atoms with van der Waals surface area (Å²) in [6.45, 7) is 0. The molecule has 4 heteroatoms. The van der Waals surface area contributed by atoms with Crippen LogP contribution in [0.1, 0.15) is 31.8 Å². The van der Waals surface area contributed by atoms with E-state index < -0.39 is 11.9 Å². The Bertz CT molecular complexity index is 1320. The Morgan fingerprint density at radius 3 is 2.11 bits per heavy atom. The van der Waals surface area contributed by atoms with E-state index in [-0.39, 0.29) is 11.1 Å². The van der Waals surface area contributed by atoms with Gasteiger partial charge in [-0.05, 0) is 57.9 Å². The lowest BCUT2D eigenvalue weighted by atomic mass is 9.99. The fourth-order valence-corrected chi connectivity index (χ4v) is 3.12. The van der Waals surface area contributed by atoms with Gasteiger partial charge in [-0.25, -0.2) is 9.59 Å². The number of fused-ring (bicyclic) bond motifs is 2. The number of rotatable bonds is 2. The zero-order chi connectivity index (χ0) is 19.7. The maximum absolute atomic E-state index is 11.7. The van der Waals surface area contributed by atoms with Gasteiger partial charge in [0.2, 0.25) is 0 Å². The van der Waals surface area contributed by atoms with E-state index in [1.165, 1.54) is 18.2 Å². The van der Waals surface area contributed by atoms with Gasteiger partial charge in [-0.2, -0.15) is 0 Å². The van der Waals surface area contributed by atoms with Crippen LogP contribution >= 0.6 is 0 Å². The van der Waals surface area contributed by atoms with E-state index in [1.54, 1.807) is 12.1 Å². The quantitative estimate of drug-likeness (QED) is 0.500. The fraction of sp³-hybridized carbons (Fsp3) is 0. The highest BCUT2D eigenvalue weighted by Gasteiger charge is 2.12. The van der Waals surface area contributed by atoms with Crippen molar-refractivity contribution in [3.05, 3.63) is 95.1 Å². The van der Waals surface area contributed by atoms with Crippen molar-refractivity contribution in [3.63, 3.8) is 0 Å². The minimum absolute atomic E-state index is 0.0869. The van der Waals surface area contributed by atoms with E-state index in [9.17, 15) is 19.8 Å². The Labute approximate surface area is 160 Å². The molecule has 0 aromatic heterocycles. The minimum Gasteiger partial charge on any atom is -0.478 e. The van der Waals surface area contributed by atoms with Crippen LogP contribution in [0.15, 0.2) is 72.8 Å². The van der Waals surface area contributed by atoms with Crippen LogP contribution in [0.3, 0.4) is 0 Å². The Morgan fingerprint density at radius 1 is 0.643 bits per heavy atom. The van der Waals surface area contributed by atoms with E-state index in [2.05, 4.69) is 11.8 Å². The molecule has 0 spiro atoms. The highest BCUT2D eigenvalue weighted by molar-refractivity contribution is 6.00. The van der Waals surface area contributed by atoms with Crippen LogP contribution in [-0.4, -0.2) is 22.2 Å². The molecule has 134 valence electrons. The van der Waals surface area contributed by atoms with Gasteiger partial charge in [0.25, 0.3) is 0 Å². The smallest absolute Gasteiger partial charge is 0.336 e. The average Bonchev–Trinajstić information content (AvgIpc) is 2.70. The summed E-state index contributed by atoms with van der Waals surface area (Å²) in [4.78, 5) is 22.9. The molecule has 0 saturated carbocycles. The predicted octanol–water partition coefficient (Wildman–Crippen LogP) is 4.79. The van der Waals surface area contributed by atoms with Crippen molar-refractivity contribution in [1.82, 2.24) is 0 Å². The lowest BCUT2D eigenvalue weighted by molar-refractivity contribution is 0.0685. The van der Waals surface area contributed by atoms with Crippen LogP contribution in [0.2, 0.25) is 0 Å². The van der Waals surface area contributed by atoms with E-state index in [0.29, 0.717) is 16.3 Å². The fourth-order valence-electron chi connectivity index (χ4n) is 3.12. The number of hydrogen-bond donors (Lipinski definition) is 2. The molecule has 2 N–H and O–H groups in total. The number of carbonyl (C=O) groups is 2. The van der Waals surface area contributed by atoms with E-state index in [1.807, 2.05) is 42.5 Å². The molecule has 0 amide bonds. The summed E-state index contributed by atoms with van der Waals surface area (Å²) >= 11 is 0. The second kappa shape index (κ2) is 6.90. The number of carboxylic acids is 2. The number of hydrogen-bond acceptors (Lipinski definition) is 2. The molecular weight excluding hydrogens is 352 g/mol. The third kappa shape index (κ3) is 3.29. The van der Waals surface area contributed by atoms with Crippen LogP contribution in [-0.2, 0) is 0 Å². The number of aromatic carboxylic acids is 2. The largest absolute Gasteiger partial charge is 0.478 e. The molecule has 4 nitrogen and oxygen atoms in total. The lowest BCUT2D eigenvalue weighted by Crippen LogP contribution is -2.01. The normalized spacial score (nSPS) is 10.4. The molecule has 4 aromatic rings. The van der Waals surface area contributed by atoms with Crippen molar-refractivity contribution in [2.75, 3.05) is 0 Å². The first kappa shape index (κ1) is 17.3. The standard InChI is InChI=1S/C24H14O4/c25-23(26)20-10-9-18-14-22(24(27)28)19(12-21(18)13-20)8-6-15-5-7-16-3-1-2-4-17(16)11-15/h1-5,7,9-14H,(H,25,26)(H,27,28). The van der Waals surface area contributed by atoms with Gasteiger partial charge in [0.05, 0.1) is 11.1 Å². The molecule has 0 aliphatic carbocycles. The van der Waals surface area contributed by atoms with Crippen molar-refractivity contribution >= 4 is 33.5 Å². The second-order valence-electron chi connectivity index (χ2n) is 6.38. The third-order valence-corrected chi connectivity index (χ3v) is 4.54. The first-order valence-corrected chi connectivity index (χ1v) is 8.56. The van der Waals surface area contributed by atoms with Gasteiger partial charge in [0.15, 0.2) is 0 Å². The molecule has 0 aliphatic rings. The van der Waals surface area contributed by atoms with Crippen molar-refractivity contribution in [2.45, 2.75) is 0 Å². The van der Waals surface area contributed by atoms with Gasteiger partial charge in [-0.1, -0.05) is 48.2 Å². The zero-order valence-electron chi connectivity index (χ0n) is 14.6. The maximum atomic E-state index is 11.7.